The number of ether oxygens (including phenoxy) is 1. The molecule has 0 unspecified atom stereocenters. The summed E-state index contributed by atoms with van der Waals surface area (Å²) in [5.41, 5.74) is 1.22. The van der Waals surface area contributed by atoms with Crippen molar-refractivity contribution in [2.75, 3.05) is 27.2 Å². The third kappa shape index (κ3) is 6.33. The molecule has 5 heteroatoms. The first kappa shape index (κ1) is 19.7. The van der Waals surface area contributed by atoms with Gasteiger partial charge in [0.1, 0.15) is 5.75 Å². The second kappa shape index (κ2) is 9.15. The number of nitrogens with one attached hydrogen (secondary N) is 1. The van der Waals surface area contributed by atoms with Gasteiger partial charge in [0, 0.05) is 25.5 Å². The lowest BCUT2D eigenvalue weighted by Gasteiger charge is -2.25. The molecule has 0 spiro atoms. The molecule has 1 N–H and O–H groups in total. The van der Waals surface area contributed by atoms with E-state index in [0.717, 1.165) is 17.7 Å². The number of likely N-dealkylation sites (N-methyl/N-ethyl adjacent to an activating group) is 1. The van der Waals surface area contributed by atoms with Gasteiger partial charge < -0.3 is 15.0 Å². The minimum Gasteiger partial charge on any atom is -0.478 e. The minimum absolute atomic E-state index is 0.124. The zero-order chi connectivity index (χ0) is 19.0. The van der Waals surface area contributed by atoms with Crippen molar-refractivity contribution in [2.45, 2.75) is 19.4 Å². The van der Waals surface area contributed by atoms with Gasteiger partial charge in [0.05, 0.1) is 0 Å². The average molecular weight is 353 g/mol. The molecule has 2 aromatic rings. The standard InChI is InChI=1S/C21H27N3O2/c1-21(2,20(25)23-15-16-24(3)4)26-19-9-7-17(8-10-19)5-6-18-11-13-22-14-12-18/h5-14H,15-16H2,1-4H3,(H,23,25)/b6-5+. The van der Waals surface area contributed by atoms with Gasteiger partial charge in [-0.1, -0.05) is 24.3 Å². The Morgan fingerprint density at radius 2 is 1.65 bits per heavy atom. The van der Waals surface area contributed by atoms with Crippen LogP contribution in [0.4, 0.5) is 0 Å². The van der Waals surface area contributed by atoms with E-state index in [1.807, 2.05) is 67.5 Å². The Morgan fingerprint density at radius 3 is 2.23 bits per heavy atom. The van der Waals surface area contributed by atoms with Gasteiger partial charge in [-0.3, -0.25) is 9.78 Å². The number of aromatic nitrogens is 1. The third-order valence-corrected chi connectivity index (χ3v) is 3.82. The van der Waals surface area contributed by atoms with Crippen molar-refractivity contribution >= 4 is 18.1 Å². The highest BCUT2D eigenvalue weighted by Gasteiger charge is 2.29. The summed E-state index contributed by atoms with van der Waals surface area (Å²) in [4.78, 5) is 18.3. The lowest BCUT2D eigenvalue weighted by atomic mass is 10.1. The number of carbonyl (C=O) groups excluding carboxylic acids is 1. The molecule has 0 fully saturated rings. The fraction of sp³-hybridized carbons (Fsp3) is 0.333. The van der Waals surface area contributed by atoms with Gasteiger partial charge in [0.25, 0.3) is 5.91 Å². The van der Waals surface area contributed by atoms with E-state index in [-0.39, 0.29) is 5.91 Å². The van der Waals surface area contributed by atoms with E-state index in [9.17, 15) is 4.79 Å². The molecule has 5 nitrogen and oxygen atoms in total. The van der Waals surface area contributed by atoms with Gasteiger partial charge in [0.15, 0.2) is 5.60 Å². The molecule has 0 aliphatic rings. The number of pyridine rings is 1. The zero-order valence-electron chi connectivity index (χ0n) is 15.9. The number of benzene rings is 1. The third-order valence-electron chi connectivity index (χ3n) is 3.82. The van der Waals surface area contributed by atoms with E-state index in [1.54, 1.807) is 26.2 Å². The van der Waals surface area contributed by atoms with E-state index < -0.39 is 5.60 Å². The largest absolute Gasteiger partial charge is 0.478 e. The summed E-state index contributed by atoms with van der Waals surface area (Å²) >= 11 is 0. The van der Waals surface area contributed by atoms with E-state index in [2.05, 4.69) is 10.3 Å². The van der Waals surface area contributed by atoms with Crippen LogP contribution in [0.25, 0.3) is 12.2 Å². The second-order valence-corrected chi connectivity index (χ2v) is 6.85. The van der Waals surface area contributed by atoms with Crippen LogP contribution in [0.1, 0.15) is 25.0 Å². The van der Waals surface area contributed by atoms with Crippen LogP contribution in [-0.2, 0) is 4.79 Å². The van der Waals surface area contributed by atoms with Gasteiger partial charge in [-0.2, -0.15) is 0 Å². The van der Waals surface area contributed by atoms with Crippen LogP contribution in [0.2, 0.25) is 0 Å². The summed E-state index contributed by atoms with van der Waals surface area (Å²) in [6.07, 6.45) is 7.59. The summed E-state index contributed by atoms with van der Waals surface area (Å²) in [7, 11) is 3.94. The molecule has 0 saturated heterocycles. The number of rotatable bonds is 8. The molecule has 1 heterocycles. The maximum Gasteiger partial charge on any atom is 0.263 e. The van der Waals surface area contributed by atoms with E-state index >= 15 is 0 Å². The van der Waals surface area contributed by atoms with Crippen molar-refractivity contribution in [3.8, 4) is 5.75 Å². The molecule has 0 atom stereocenters. The number of hydrogen-bond acceptors (Lipinski definition) is 4. The van der Waals surface area contributed by atoms with Gasteiger partial charge >= 0.3 is 0 Å². The predicted molar refractivity (Wildman–Crippen MR) is 106 cm³/mol. The molecular weight excluding hydrogens is 326 g/mol. The topological polar surface area (TPSA) is 54.5 Å². The Labute approximate surface area is 155 Å². The maximum absolute atomic E-state index is 12.3. The summed E-state index contributed by atoms with van der Waals surface area (Å²) in [5.74, 6) is 0.542. The van der Waals surface area contributed by atoms with Gasteiger partial charge in [-0.05, 0) is 63.3 Å². The molecule has 1 amide bonds. The molecule has 0 bridgehead atoms. The fourth-order valence-electron chi connectivity index (χ4n) is 2.26. The molecular formula is C21H27N3O2. The predicted octanol–water partition coefficient (Wildman–Crippen LogP) is 3.09. The summed E-state index contributed by atoms with van der Waals surface area (Å²) in [6, 6.07) is 11.6. The minimum atomic E-state index is -0.930. The van der Waals surface area contributed by atoms with Gasteiger partial charge in [-0.15, -0.1) is 0 Å². The summed E-state index contributed by atoms with van der Waals surface area (Å²) in [6.45, 7) is 4.93. The van der Waals surface area contributed by atoms with Crippen LogP contribution >= 0.6 is 0 Å². The first-order valence-corrected chi connectivity index (χ1v) is 8.67. The van der Waals surface area contributed by atoms with Crippen LogP contribution in [0.3, 0.4) is 0 Å². The highest BCUT2D eigenvalue weighted by Crippen LogP contribution is 2.20. The highest BCUT2D eigenvalue weighted by molar-refractivity contribution is 5.84. The Kier molecular flexibility index (Phi) is 6.92. The lowest BCUT2D eigenvalue weighted by molar-refractivity contribution is -0.134. The van der Waals surface area contributed by atoms with E-state index in [1.165, 1.54) is 0 Å². The Hall–Kier alpha value is -2.66. The molecule has 26 heavy (non-hydrogen) atoms. The number of amides is 1. The smallest absolute Gasteiger partial charge is 0.263 e. The van der Waals surface area contributed by atoms with Crippen molar-refractivity contribution in [1.82, 2.24) is 15.2 Å². The van der Waals surface area contributed by atoms with E-state index in [4.69, 9.17) is 4.74 Å². The normalized spacial score (nSPS) is 11.7. The quantitative estimate of drug-likeness (QED) is 0.792. The van der Waals surface area contributed by atoms with Gasteiger partial charge in [-0.25, -0.2) is 0 Å². The van der Waals surface area contributed by atoms with Crippen molar-refractivity contribution < 1.29 is 9.53 Å². The maximum atomic E-state index is 12.3. The molecule has 1 aromatic carbocycles. The molecule has 2 rings (SSSR count). The SMILES string of the molecule is CN(C)CCNC(=O)C(C)(C)Oc1ccc(/C=C/c2ccncc2)cc1. The molecule has 0 aliphatic carbocycles. The zero-order valence-corrected chi connectivity index (χ0v) is 15.9. The first-order chi connectivity index (χ1) is 12.4. The second-order valence-electron chi connectivity index (χ2n) is 6.85. The van der Waals surface area contributed by atoms with Crippen molar-refractivity contribution in [3.05, 3.63) is 59.9 Å². The molecule has 1 aromatic heterocycles. The van der Waals surface area contributed by atoms with Crippen LogP contribution in [-0.4, -0.2) is 48.6 Å². The highest BCUT2D eigenvalue weighted by atomic mass is 16.5. The first-order valence-electron chi connectivity index (χ1n) is 8.67. The molecule has 0 aliphatic heterocycles. The van der Waals surface area contributed by atoms with Crippen molar-refractivity contribution in [1.29, 1.82) is 0 Å². The lowest BCUT2D eigenvalue weighted by Crippen LogP contribution is -2.48. The van der Waals surface area contributed by atoms with Crippen LogP contribution in [0.5, 0.6) is 5.75 Å². The average Bonchev–Trinajstić information content (AvgIpc) is 2.61. The molecule has 138 valence electrons. The van der Waals surface area contributed by atoms with Crippen LogP contribution < -0.4 is 10.1 Å². The number of hydrogen-bond donors (Lipinski definition) is 1. The summed E-state index contributed by atoms with van der Waals surface area (Å²) < 4.78 is 5.88. The Bertz CT molecular complexity index is 723. The fourth-order valence-corrected chi connectivity index (χ4v) is 2.26. The van der Waals surface area contributed by atoms with E-state index in [0.29, 0.717) is 12.3 Å². The Balaban J connectivity index is 1.93. The molecule has 0 saturated carbocycles. The Morgan fingerprint density at radius 1 is 1.08 bits per heavy atom. The van der Waals surface area contributed by atoms with Crippen LogP contribution in [0, 0.1) is 0 Å². The number of carbonyl (C=O) groups is 1. The van der Waals surface area contributed by atoms with Gasteiger partial charge in [0.2, 0.25) is 0 Å². The summed E-state index contributed by atoms with van der Waals surface area (Å²) in [5, 5.41) is 2.90. The number of nitrogens with zero attached hydrogens (tertiary/aromatic N) is 2. The van der Waals surface area contributed by atoms with Crippen molar-refractivity contribution in [2.24, 2.45) is 0 Å². The van der Waals surface area contributed by atoms with Crippen molar-refractivity contribution in [3.63, 3.8) is 0 Å². The monoisotopic (exact) mass is 353 g/mol. The van der Waals surface area contributed by atoms with Crippen LogP contribution in [0.15, 0.2) is 48.8 Å². The molecule has 0 radical (unpaired) electrons.